The lowest BCUT2D eigenvalue weighted by molar-refractivity contribution is -0.137. The second-order valence-corrected chi connectivity index (χ2v) is 5.76. The number of rotatable bonds is 4. The van der Waals surface area contributed by atoms with Crippen LogP contribution in [0.15, 0.2) is 36.8 Å². The van der Waals surface area contributed by atoms with Gasteiger partial charge in [0.1, 0.15) is 5.82 Å². The lowest BCUT2D eigenvalue weighted by Crippen LogP contribution is -2.27. The van der Waals surface area contributed by atoms with Crippen molar-refractivity contribution < 1.29 is 22.4 Å². The van der Waals surface area contributed by atoms with Crippen LogP contribution >= 0.6 is 0 Å². The molecular weight excluding hydrogens is 338 g/mol. The molecule has 3 rings (SSSR count). The summed E-state index contributed by atoms with van der Waals surface area (Å²) in [6.07, 6.45) is -0.462. The molecule has 1 aromatic carbocycles. The zero-order chi connectivity index (χ0) is 18.2. The average molecular weight is 353 g/mol. The summed E-state index contributed by atoms with van der Waals surface area (Å²) in [7, 11) is 1.43. The molecular formula is C17H15F4N3O. The Balaban J connectivity index is 1.69. The van der Waals surface area contributed by atoms with Gasteiger partial charge in [-0.1, -0.05) is 0 Å². The van der Waals surface area contributed by atoms with Gasteiger partial charge < -0.3 is 14.9 Å². The van der Waals surface area contributed by atoms with Gasteiger partial charge >= 0.3 is 6.18 Å². The number of carbonyl (C=O) groups excluding carboxylic acids is 1. The van der Waals surface area contributed by atoms with Crippen LogP contribution in [0.2, 0.25) is 0 Å². The molecule has 1 amide bonds. The average Bonchev–Trinajstić information content (AvgIpc) is 3.10. The fraction of sp³-hybridized carbons (Fsp3) is 0.235. The first-order valence-electron chi connectivity index (χ1n) is 7.52. The van der Waals surface area contributed by atoms with Gasteiger partial charge in [-0.3, -0.25) is 4.79 Å². The van der Waals surface area contributed by atoms with E-state index in [9.17, 15) is 22.4 Å². The van der Waals surface area contributed by atoms with Gasteiger partial charge in [0.15, 0.2) is 0 Å². The summed E-state index contributed by atoms with van der Waals surface area (Å²) in [5.74, 6) is -1.14. The molecule has 0 fully saturated rings. The van der Waals surface area contributed by atoms with Crippen LogP contribution in [0.1, 0.15) is 21.5 Å². The van der Waals surface area contributed by atoms with Crippen LogP contribution in [-0.2, 0) is 19.6 Å². The second kappa shape index (κ2) is 6.27. The van der Waals surface area contributed by atoms with Crippen LogP contribution in [-0.4, -0.2) is 22.0 Å². The van der Waals surface area contributed by atoms with Crippen molar-refractivity contribution in [3.8, 4) is 0 Å². The van der Waals surface area contributed by atoms with E-state index in [1.54, 1.807) is 12.3 Å². The summed E-state index contributed by atoms with van der Waals surface area (Å²) in [6.45, 7) is 0.162. The summed E-state index contributed by atoms with van der Waals surface area (Å²) >= 11 is 0. The molecule has 132 valence electrons. The number of aryl methyl sites for hydroxylation is 1. The van der Waals surface area contributed by atoms with Gasteiger partial charge in [-0.05, 0) is 30.2 Å². The van der Waals surface area contributed by atoms with Crippen molar-refractivity contribution in [1.29, 1.82) is 0 Å². The van der Waals surface area contributed by atoms with Crippen molar-refractivity contribution in [2.24, 2.45) is 7.05 Å². The number of hydrogen-bond acceptors (Lipinski definition) is 1. The van der Waals surface area contributed by atoms with Crippen molar-refractivity contribution in [2.45, 2.75) is 12.6 Å². The Morgan fingerprint density at radius 1 is 1.28 bits per heavy atom. The molecule has 0 aliphatic rings. The van der Waals surface area contributed by atoms with Crippen LogP contribution in [0, 0.1) is 5.82 Å². The molecule has 3 aromatic rings. The Kier molecular flexibility index (Phi) is 4.28. The number of fused-ring (bicyclic) bond motifs is 1. The van der Waals surface area contributed by atoms with Gasteiger partial charge in [-0.15, -0.1) is 0 Å². The molecule has 2 N–H and O–H groups in total. The van der Waals surface area contributed by atoms with Crippen molar-refractivity contribution >= 4 is 16.8 Å². The number of benzene rings is 1. The van der Waals surface area contributed by atoms with E-state index in [0.717, 1.165) is 23.3 Å². The van der Waals surface area contributed by atoms with E-state index < -0.39 is 23.2 Å². The minimum absolute atomic E-state index is 0.162. The van der Waals surface area contributed by atoms with Gasteiger partial charge in [-0.2, -0.15) is 13.2 Å². The first-order chi connectivity index (χ1) is 11.8. The molecule has 0 radical (unpaired) electrons. The number of nitrogens with zero attached hydrogens (tertiary/aromatic N) is 1. The normalized spacial score (nSPS) is 11.9. The number of alkyl halides is 3. The van der Waals surface area contributed by atoms with E-state index in [1.165, 1.54) is 23.7 Å². The molecule has 0 atom stereocenters. The third-order valence-corrected chi connectivity index (χ3v) is 3.92. The zero-order valence-electron chi connectivity index (χ0n) is 13.2. The smallest absolute Gasteiger partial charge is 0.361 e. The Morgan fingerprint density at radius 2 is 2.04 bits per heavy atom. The van der Waals surface area contributed by atoms with Gasteiger partial charge in [0, 0.05) is 43.1 Å². The Morgan fingerprint density at radius 3 is 2.76 bits per heavy atom. The molecule has 2 aromatic heterocycles. The quantitative estimate of drug-likeness (QED) is 0.692. The van der Waals surface area contributed by atoms with Gasteiger partial charge in [-0.25, -0.2) is 4.39 Å². The number of nitrogens with one attached hydrogen (secondary N) is 2. The second-order valence-electron chi connectivity index (χ2n) is 5.76. The third-order valence-electron chi connectivity index (χ3n) is 3.92. The number of H-pyrrole nitrogens is 1. The number of aromatic nitrogens is 2. The van der Waals surface area contributed by atoms with E-state index in [1.807, 2.05) is 0 Å². The number of amides is 1. The number of aromatic amines is 1. The minimum atomic E-state index is -4.59. The van der Waals surface area contributed by atoms with Crippen molar-refractivity contribution in [3.05, 3.63) is 59.3 Å². The molecule has 0 bridgehead atoms. The van der Waals surface area contributed by atoms with Gasteiger partial charge in [0.2, 0.25) is 0 Å². The summed E-state index contributed by atoms with van der Waals surface area (Å²) in [4.78, 5) is 15.0. The molecule has 0 saturated carbocycles. The van der Waals surface area contributed by atoms with E-state index in [4.69, 9.17) is 0 Å². The Labute approximate surface area is 140 Å². The minimum Gasteiger partial charge on any atom is -0.361 e. The predicted octanol–water partition coefficient (Wildman–Crippen LogP) is 3.64. The fourth-order valence-corrected chi connectivity index (χ4v) is 2.76. The SMILES string of the molecule is Cn1cc(C(=O)NCCc2c[nH]c3cc(F)ccc23)c(C(F)(F)F)c1. The summed E-state index contributed by atoms with van der Waals surface area (Å²) in [5, 5.41) is 3.31. The van der Waals surface area contributed by atoms with Crippen molar-refractivity contribution in [2.75, 3.05) is 6.54 Å². The van der Waals surface area contributed by atoms with Crippen LogP contribution in [0.5, 0.6) is 0 Å². The molecule has 0 unspecified atom stereocenters. The number of hydrogen-bond donors (Lipinski definition) is 2. The molecule has 0 spiro atoms. The predicted molar refractivity (Wildman–Crippen MR) is 84.7 cm³/mol. The van der Waals surface area contributed by atoms with Gasteiger partial charge in [0.25, 0.3) is 5.91 Å². The first-order valence-corrected chi connectivity index (χ1v) is 7.52. The largest absolute Gasteiger partial charge is 0.418 e. The lowest BCUT2D eigenvalue weighted by atomic mass is 10.1. The molecule has 8 heteroatoms. The highest BCUT2D eigenvalue weighted by atomic mass is 19.4. The molecule has 25 heavy (non-hydrogen) atoms. The van der Waals surface area contributed by atoms with E-state index in [2.05, 4.69) is 10.3 Å². The highest BCUT2D eigenvalue weighted by Gasteiger charge is 2.36. The summed E-state index contributed by atoms with van der Waals surface area (Å²) in [5.41, 5.74) is 0.106. The molecule has 0 saturated heterocycles. The molecule has 0 aliphatic heterocycles. The highest BCUT2D eigenvalue weighted by molar-refractivity contribution is 5.95. The van der Waals surface area contributed by atoms with Crippen LogP contribution in [0.3, 0.4) is 0 Å². The first kappa shape index (κ1) is 17.1. The summed E-state index contributed by atoms with van der Waals surface area (Å²) < 4.78 is 53.2. The van der Waals surface area contributed by atoms with Crippen LogP contribution < -0.4 is 5.32 Å². The lowest BCUT2D eigenvalue weighted by Gasteiger charge is -2.08. The number of carbonyl (C=O) groups is 1. The van der Waals surface area contributed by atoms with Gasteiger partial charge in [0.05, 0.1) is 11.1 Å². The maximum absolute atomic E-state index is 13.2. The topological polar surface area (TPSA) is 49.8 Å². The summed E-state index contributed by atoms with van der Waals surface area (Å²) in [6, 6.07) is 4.31. The Hall–Kier alpha value is -2.77. The standard InChI is InChI=1S/C17H15F4N3O/c1-24-8-13(14(9-24)17(19,20)21)16(25)22-5-4-10-7-23-15-6-11(18)2-3-12(10)15/h2-3,6-9,23H,4-5H2,1H3,(H,22,25). The fourth-order valence-electron chi connectivity index (χ4n) is 2.76. The zero-order valence-corrected chi connectivity index (χ0v) is 13.2. The number of halogens is 4. The Bertz CT molecular complexity index is 924. The van der Waals surface area contributed by atoms with E-state index >= 15 is 0 Å². The van der Waals surface area contributed by atoms with Crippen molar-refractivity contribution in [1.82, 2.24) is 14.9 Å². The van der Waals surface area contributed by atoms with Crippen LogP contribution in [0.4, 0.5) is 17.6 Å². The van der Waals surface area contributed by atoms with E-state index in [-0.39, 0.29) is 12.4 Å². The monoisotopic (exact) mass is 353 g/mol. The third kappa shape index (κ3) is 3.52. The van der Waals surface area contributed by atoms with Crippen LogP contribution in [0.25, 0.3) is 10.9 Å². The maximum atomic E-state index is 13.2. The highest BCUT2D eigenvalue weighted by Crippen LogP contribution is 2.32. The van der Waals surface area contributed by atoms with E-state index in [0.29, 0.717) is 11.9 Å². The maximum Gasteiger partial charge on any atom is 0.418 e. The molecule has 4 nitrogen and oxygen atoms in total. The van der Waals surface area contributed by atoms with Crippen molar-refractivity contribution in [3.63, 3.8) is 0 Å². The molecule has 2 heterocycles. The molecule has 0 aliphatic carbocycles.